The summed E-state index contributed by atoms with van der Waals surface area (Å²) in [7, 11) is 0. The van der Waals surface area contributed by atoms with Crippen LogP contribution in [0.2, 0.25) is 0 Å². The van der Waals surface area contributed by atoms with Crippen molar-refractivity contribution in [1.29, 1.82) is 0 Å². The Morgan fingerprint density at radius 2 is 2.10 bits per heavy atom. The molecule has 0 saturated carbocycles. The largest absolute Gasteiger partial charge is 0.459 e. The summed E-state index contributed by atoms with van der Waals surface area (Å²) in [5, 5.41) is 0. The van der Waals surface area contributed by atoms with Gasteiger partial charge in [0.2, 0.25) is 0 Å². The second kappa shape index (κ2) is 5.31. The predicted octanol–water partition coefficient (Wildman–Crippen LogP) is 2.53. The molecule has 2 heterocycles. The Morgan fingerprint density at radius 3 is 2.65 bits per heavy atom. The number of amides is 1. The van der Waals surface area contributed by atoms with Crippen LogP contribution in [0.1, 0.15) is 49.7 Å². The van der Waals surface area contributed by atoms with E-state index in [2.05, 4.69) is 0 Å². The Hall–Kier alpha value is -1.78. The number of hydrogen-bond donors (Lipinski definition) is 0. The van der Waals surface area contributed by atoms with Crippen molar-refractivity contribution >= 4 is 11.9 Å². The van der Waals surface area contributed by atoms with Crippen molar-refractivity contribution in [3.63, 3.8) is 0 Å². The second-order valence-electron chi connectivity index (χ2n) is 6.12. The fraction of sp³-hybridized carbons (Fsp3) is 0.600. The number of furan rings is 1. The molecule has 0 N–H and O–H groups in total. The highest BCUT2D eigenvalue weighted by Crippen LogP contribution is 2.24. The Morgan fingerprint density at radius 1 is 1.40 bits per heavy atom. The smallest absolute Gasteiger partial charge is 0.329 e. The molecule has 110 valence electrons. The van der Waals surface area contributed by atoms with Crippen molar-refractivity contribution in [2.24, 2.45) is 0 Å². The monoisotopic (exact) mass is 279 g/mol. The minimum atomic E-state index is -0.547. The van der Waals surface area contributed by atoms with E-state index in [4.69, 9.17) is 9.15 Å². The first kappa shape index (κ1) is 14.6. The van der Waals surface area contributed by atoms with E-state index in [9.17, 15) is 9.59 Å². The molecule has 1 aromatic rings. The summed E-state index contributed by atoms with van der Waals surface area (Å²) in [4.78, 5) is 26.2. The summed E-state index contributed by atoms with van der Waals surface area (Å²) in [6.45, 7) is 7.84. The molecule has 1 aliphatic heterocycles. The quantitative estimate of drug-likeness (QED) is 0.781. The Kier molecular flexibility index (Phi) is 3.88. The van der Waals surface area contributed by atoms with E-state index in [1.807, 2.05) is 27.7 Å². The number of nitrogens with zero attached hydrogens (tertiary/aromatic N) is 1. The molecule has 1 amide bonds. The number of likely N-dealkylation sites (tertiary alicyclic amines) is 1. The zero-order valence-corrected chi connectivity index (χ0v) is 12.4. The molecule has 1 atom stereocenters. The van der Waals surface area contributed by atoms with Gasteiger partial charge in [0.25, 0.3) is 5.91 Å². The van der Waals surface area contributed by atoms with Crippen LogP contribution in [-0.2, 0) is 9.53 Å². The lowest BCUT2D eigenvalue weighted by Crippen LogP contribution is -2.43. The maximum atomic E-state index is 12.4. The van der Waals surface area contributed by atoms with Gasteiger partial charge in [-0.3, -0.25) is 4.79 Å². The van der Waals surface area contributed by atoms with Gasteiger partial charge in [0, 0.05) is 12.1 Å². The average molecular weight is 279 g/mol. The van der Waals surface area contributed by atoms with Gasteiger partial charge in [-0.15, -0.1) is 0 Å². The molecule has 1 fully saturated rings. The van der Waals surface area contributed by atoms with Gasteiger partial charge in [0.05, 0.1) is 6.26 Å². The highest BCUT2D eigenvalue weighted by molar-refractivity contribution is 5.96. The molecule has 0 aromatic carbocycles. The van der Waals surface area contributed by atoms with E-state index < -0.39 is 11.6 Å². The first-order chi connectivity index (χ1) is 9.29. The van der Waals surface area contributed by atoms with Gasteiger partial charge < -0.3 is 14.1 Å². The summed E-state index contributed by atoms with van der Waals surface area (Å²) in [5.74, 6) is -0.270. The van der Waals surface area contributed by atoms with E-state index in [0.717, 1.165) is 12.0 Å². The minimum absolute atomic E-state index is 0.235. The van der Waals surface area contributed by atoms with Crippen LogP contribution in [0.4, 0.5) is 0 Å². The highest BCUT2D eigenvalue weighted by Gasteiger charge is 2.38. The number of esters is 1. The minimum Gasteiger partial charge on any atom is -0.459 e. The maximum Gasteiger partial charge on any atom is 0.329 e. The molecule has 0 unspecified atom stereocenters. The van der Waals surface area contributed by atoms with E-state index in [1.54, 1.807) is 11.0 Å². The molecule has 1 aliphatic rings. The van der Waals surface area contributed by atoms with Gasteiger partial charge in [-0.25, -0.2) is 4.79 Å². The van der Waals surface area contributed by atoms with Gasteiger partial charge in [-0.2, -0.15) is 0 Å². The SMILES string of the molecule is Cc1ccoc1C(=O)N1CCC[C@@H]1C(=O)OC(C)(C)C. The van der Waals surface area contributed by atoms with E-state index in [0.29, 0.717) is 18.7 Å². The van der Waals surface area contributed by atoms with Crippen LogP contribution in [0.15, 0.2) is 16.7 Å². The molecular weight excluding hydrogens is 258 g/mol. The van der Waals surface area contributed by atoms with Crippen LogP contribution in [0, 0.1) is 6.92 Å². The standard InChI is InChI=1S/C15H21NO4/c1-10-7-9-19-12(10)13(17)16-8-5-6-11(16)14(18)20-15(2,3)4/h7,9,11H,5-6,8H2,1-4H3/t11-/m1/s1. The Bertz CT molecular complexity index is 512. The van der Waals surface area contributed by atoms with Crippen LogP contribution in [0.25, 0.3) is 0 Å². The second-order valence-corrected chi connectivity index (χ2v) is 6.12. The molecule has 0 radical (unpaired) electrons. The summed E-state index contributed by atoms with van der Waals surface area (Å²) >= 11 is 0. The predicted molar refractivity (Wildman–Crippen MR) is 73.3 cm³/mol. The van der Waals surface area contributed by atoms with Crippen LogP contribution < -0.4 is 0 Å². The van der Waals surface area contributed by atoms with Crippen LogP contribution in [-0.4, -0.2) is 35.0 Å². The lowest BCUT2D eigenvalue weighted by Gasteiger charge is -2.27. The van der Waals surface area contributed by atoms with Gasteiger partial charge in [-0.1, -0.05) is 0 Å². The van der Waals surface area contributed by atoms with Crippen molar-refractivity contribution in [1.82, 2.24) is 4.90 Å². The normalized spacial score (nSPS) is 19.2. The van der Waals surface area contributed by atoms with Crippen molar-refractivity contribution in [3.8, 4) is 0 Å². The lowest BCUT2D eigenvalue weighted by atomic mass is 10.1. The zero-order chi connectivity index (χ0) is 14.9. The van der Waals surface area contributed by atoms with Gasteiger partial charge in [-0.05, 0) is 46.6 Å². The molecule has 1 saturated heterocycles. The van der Waals surface area contributed by atoms with Crippen molar-refractivity contribution in [2.45, 2.75) is 52.2 Å². The van der Waals surface area contributed by atoms with Crippen LogP contribution >= 0.6 is 0 Å². The number of carbonyl (C=O) groups excluding carboxylic acids is 2. The van der Waals surface area contributed by atoms with Crippen LogP contribution in [0.3, 0.4) is 0 Å². The van der Waals surface area contributed by atoms with Gasteiger partial charge in [0.1, 0.15) is 11.6 Å². The van der Waals surface area contributed by atoms with Crippen LogP contribution in [0.5, 0.6) is 0 Å². The van der Waals surface area contributed by atoms with Crippen molar-refractivity contribution in [3.05, 3.63) is 23.7 Å². The summed E-state index contributed by atoms with van der Waals surface area (Å²) < 4.78 is 10.6. The number of hydrogen-bond acceptors (Lipinski definition) is 4. The fourth-order valence-corrected chi connectivity index (χ4v) is 2.35. The summed E-state index contributed by atoms with van der Waals surface area (Å²) in [5.41, 5.74) is 0.236. The van der Waals surface area contributed by atoms with E-state index >= 15 is 0 Å². The number of rotatable bonds is 2. The summed E-state index contributed by atoms with van der Waals surface area (Å²) in [6, 6.07) is 1.23. The van der Waals surface area contributed by atoms with E-state index in [1.165, 1.54) is 6.26 Å². The lowest BCUT2D eigenvalue weighted by molar-refractivity contribution is -0.159. The Balaban J connectivity index is 2.13. The summed E-state index contributed by atoms with van der Waals surface area (Å²) in [6.07, 6.45) is 2.93. The third kappa shape index (κ3) is 3.03. The number of carbonyl (C=O) groups is 2. The molecule has 5 nitrogen and oxygen atoms in total. The first-order valence-electron chi connectivity index (χ1n) is 6.87. The molecule has 0 spiro atoms. The molecular formula is C15H21NO4. The zero-order valence-electron chi connectivity index (χ0n) is 12.4. The molecule has 1 aromatic heterocycles. The van der Waals surface area contributed by atoms with E-state index in [-0.39, 0.29) is 11.9 Å². The van der Waals surface area contributed by atoms with Crippen molar-refractivity contribution < 1.29 is 18.7 Å². The fourth-order valence-electron chi connectivity index (χ4n) is 2.35. The molecule has 0 bridgehead atoms. The highest BCUT2D eigenvalue weighted by atomic mass is 16.6. The molecule has 0 aliphatic carbocycles. The average Bonchev–Trinajstić information content (AvgIpc) is 2.93. The van der Waals surface area contributed by atoms with Crippen molar-refractivity contribution in [2.75, 3.05) is 6.54 Å². The third-order valence-corrected chi connectivity index (χ3v) is 3.25. The maximum absolute atomic E-state index is 12.4. The first-order valence-corrected chi connectivity index (χ1v) is 6.87. The number of ether oxygens (including phenoxy) is 1. The molecule has 5 heteroatoms. The Labute approximate surface area is 118 Å². The van der Waals surface area contributed by atoms with Gasteiger partial charge >= 0.3 is 5.97 Å². The topological polar surface area (TPSA) is 59.8 Å². The number of aryl methyl sites for hydroxylation is 1. The molecule has 20 heavy (non-hydrogen) atoms. The van der Waals surface area contributed by atoms with Gasteiger partial charge in [0.15, 0.2) is 5.76 Å². The third-order valence-electron chi connectivity index (χ3n) is 3.25. The molecule has 2 rings (SSSR count).